The van der Waals surface area contributed by atoms with Gasteiger partial charge >= 0.3 is 0 Å². The Morgan fingerprint density at radius 3 is 2.83 bits per heavy atom. The van der Waals surface area contributed by atoms with Crippen molar-refractivity contribution in [3.8, 4) is 5.75 Å². The second-order valence-electron chi connectivity index (χ2n) is 5.03. The van der Waals surface area contributed by atoms with Crippen molar-refractivity contribution in [1.29, 1.82) is 0 Å². The molecule has 1 heterocycles. The molecule has 1 saturated heterocycles. The van der Waals surface area contributed by atoms with Crippen LogP contribution in [0.5, 0.6) is 5.75 Å². The summed E-state index contributed by atoms with van der Waals surface area (Å²) in [6, 6.07) is 8.04. The minimum atomic E-state index is -0.420. The van der Waals surface area contributed by atoms with Gasteiger partial charge in [0.05, 0.1) is 19.4 Å². The minimum absolute atomic E-state index is 0.0623. The molecule has 0 aliphatic carbocycles. The van der Waals surface area contributed by atoms with E-state index in [2.05, 4.69) is 11.0 Å². The Morgan fingerprint density at radius 2 is 2.11 bits per heavy atom. The average Bonchev–Trinajstić information content (AvgIpc) is 2.61. The van der Waals surface area contributed by atoms with Crippen LogP contribution in [0, 0.1) is 0 Å². The van der Waals surface area contributed by atoms with Crippen molar-refractivity contribution in [3.63, 3.8) is 0 Å². The van der Waals surface area contributed by atoms with E-state index in [9.17, 15) is 5.11 Å². The fourth-order valence-electron chi connectivity index (χ4n) is 2.51. The van der Waals surface area contributed by atoms with Crippen LogP contribution in [0.1, 0.15) is 19.3 Å². The zero-order valence-electron chi connectivity index (χ0n) is 10.9. The summed E-state index contributed by atoms with van der Waals surface area (Å²) in [5.41, 5.74) is 6.85. The standard InChI is InChI=1S/C14H22N2O2/c1-18-13-6-3-2-5-12(13)16-9-4-7-14(15,11-17)8-10-16/h2-3,5-6,17H,4,7-11,15H2,1H3. The number of benzene rings is 1. The zero-order valence-corrected chi connectivity index (χ0v) is 10.9. The predicted molar refractivity (Wildman–Crippen MR) is 73.1 cm³/mol. The Kier molecular flexibility index (Phi) is 4.09. The molecule has 0 aromatic heterocycles. The number of methoxy groups -OCH3 is 1. The van der Waals surface area contributed by atoms with Crippen LogP contribution in [-0.4, -0.2) is 37.5 Å². The molecular formula is C14H22N2O2. The van der Waals surface area contributed by atoms with Gasteiger partial charge in [-0.15, -0.1) is 0 Å². The predicted octanol–water partition coefficient (Wildman–Crippen LogP) is 1.38. The highest BCUT2D eigenvalue weighted by molar-refractivity contribution is 5.58. The molecule has 1 fully saturated rings. The Morgan fingerprint density at radius 1 is 1.33 bits per heavy atom. The highest BCUT2D eigenvalue weighted by Crippen LogP contribution is 2.30. The summed E-state index contributed by atoms with van der Waals surface area (Å²) in [7, 11) is 1.69. The van der Waals surface area contributed by atoms with E-state index in [0.29, 0.717) is 0 Å². The maximum atomic E-state index is 9.36. The quantitative estimate of drug-likeness (QED) is 0.851. The summed E-state index contributed by atoms with van der Waals surface area (Å²) >= 11 is 0. The van der Waals surface area contributed by atoms with Crippen molar-refractivity contribution < 1.29 is 9.84 Å². The van der Waals surface area contributed by atoms with Gasteiger partial charge in [0.2, 0.25) is 0 Å². The first-order chi connectivity index (χ1) is 8.68. The van der Waals surface area contributed by atoms with Crippen LogP contribution in [-0.2, 0) is 0 Å². The van der Waals surface area contributed by atoms with E-state index in [1.807, 2.05) is 18.2 Å². The van der Waals surface area contributed by atoms with E-state index in [0.717, 1.165) is 43.8 Å². The molecule has 0 bridgehead atoms. The molecule has 1 unspecified atom stereocenters. The van der Waals surface area contributed by atoms with E-state index in [1.54, 1.807) is 7.11 Å². The van der Waals surface area contributed by atoms with Crippen LogP contribution in [0.25, 0.3) is 0 Å². The highest BCUT2D eigenvalue weighted by atomic mass is 16.5. The lowest BCUT2D eigenvalue weighted by atomic mass is 9.93. The lowest BCUT2D eigenvalue weighted by Gasteiger charge is -2.27. The van der Waals surface area contributed by atoms with Gasteiger partial charge in [-0.2, -0.15) is 0 Å². The number of nitrogens with zero attached hydrogens (tertiary/aromatic N) is 1. The van der Waals surface area contributed by atoms with Crippen LogP contribution in [0.3, 0.4) is 0 Å². The second-order valence-corrected chi connectivity index (χ2v) is 5.03. The molecule has 0 saturated carbocycles. The van der Waals surface area contributed by atoms with Gasteiger partial charge in [0.1, 0.15) is 5.75 Å². The maximum Gasteiger partial charge on any atom is 0.142 e. The van der Waals surface area contributed by atoms with Gasteiger partial charge in [0.25, 0.3) is 0 Å². The van der Waals surface area contributed by atoms with Crippen LogP contribution < -0.4 is 15.4 Å². The maximum absolute atomic E-state index is 9.36. The molecule has 0 radical (unpaired) electrons. The van der Waals surface area contributed by atoms with Crippen LogP contribution in [0.15, 0.2) is 24.3 Å². The number of para-hydroxylation sites is 2. The SMILES string of the molecule is COc1ccccc1N1CCCC(N)(CO)CC1. The van der Waals surface area contributed by atoms with Gasteiger partial charge in [0, 0.05) is 18.6 Å². The van der Waals surface area contributed by atoms with Gasteiger partial charge < -0.3 is 20.5 Å². The molecule has 1 aromatic rings. The number of ether oxygens (including phenoxy) is 1. The van der Waals surface area contributed by atoms with Crippen molar-refractivity contribution in [1.82, 2.24) is 0 Å². The molecule has 1 aromatic carbocycles. The molecule has 100 valence electrons. The van der Waals surface area contributed by atoms with E-state index in [4.69, 9.17) is 10.5 Å². The Labute approximate surface area is 108 Å². The highest BCUT2D eigenvalue weighted by Gasteiger charge is 2.28. The number of hydrogen-bond acceptors (Lipinski definition) is 4. The third kappa shape index (κ3) is 2.76. The molecule has 1 atom stereocenters. The minimum Gasteiger partial charge on any atom is -0.495 e. The fraction of sp³-hybridized carbons (Fsp3) is 0.571. The largest absolute Gasteiger partial charge is 0.495 e. The van der Waals surface area contributed by atoms with Gasteiger partial charge in [-0.1, -0.05) is 12.1 Å². The van der Waals surface area contributed by atoms with Crippen LogP contribution in [0.2, 0.25) is 0 Å². The number of rotatable bonds is 3. The summed E-state index contributed by atoms with van der Waals surface area (Å²) in [6.07, 6.45) is 2.67. The monoisotopic (exact) mass is 250 g/mol. The van der Waals surface area contributed by atoms with Crippen LogP contribution in [0.4, 0.5) is 5.69 Å². The molecule has 2 rings (SSSR count). The molecule has 18 heavy (non-hydrogen) atoms. The van der Waals surface area contributed by atoms with Crippen molar-refractivity contribution in [2.24, 2.45) is 5.73 Å². The Balaban J connectivity index is 2.14. The first kappa shape index (κ1) is 13.2. The summed E-state index contributed by atoms with van der Waals surface area (Å²) in [4.78, 5) is 2.29. The number of anilines is 1. The Hall–Kier alpha value is -1.26. The van der Waals surface area contributed by atoms with E-state index >= 15 is 0 Å². The third-order valence-corrected chi connectivity index (χ3v) is 3.72. The van der Waals surface area contributed by atoms with E-state index < -0.39 is 5.54 Å². The third-order valence-electron chi connectivity index (χ3n) is 3.72. The number of hydrogen-bond donors (Lipinski definition) is 2. The smallest absolute Gasteiger partial charge is 0.142 e. The van der Waals surface area contributed by atoms with E-state index in [1.165, 1.54) is 0 Å². The first-order valence-electron chi connectivity index (χ1n) is 6.46. The van der Waals surface area contributed by atoms with Crippen molar-refractivity contribution >= 4 is 5.69 Å². The fourth-order valence-corrected chi connectivity index (χ4v) is 2.51. The normalized spacial score (nSPS) is 24.7. The van der Waals surface area contributed by atoms with Gasteiger partial charge in [-0.25, -0.2) is 0 Å². The molecule has 3 N–H and O–H groups in total. The summed E-state index contributed by atoms with van der Waals surface area (Å²) in [6.45, 7) is 1.88. The molecule has 0 spiro atoms. The van der Waals surface area contributed by atoms with Crippen molar-refractivity contribution in [2.45, 2.75) is 24.8 Å². The first-order valence-corrected chi connectivity index (χ1v) is 6.46. The van der Waals surface area contributed by atoms with Crippen molar-refractivity contribution in [3.05, 3.63) is 24.3 Å². The number of aliphatic hydroxyl groups is 1. The zero-order chi connectivity index (χ0) is 13.0. The summed E-state index contributed by atoms with van der Waals surface area (Å²) in [5.74, 6) is 0.894. The molecule has 0 amide bonds. The topological polar surface area (TPSA) is 58.7 Å². The lowest BCUT2D eigenvalue weighted by molar-refractivity contribution is 0.183. The summed E-state index contributed by atoms with van der Waals surface area (Å²) in [5, 5.41) is 9.36. The molecule has 1 aliphatic rings. The Bertz CT molecular complexity index is 397. The second kappa shape index (κ2) is 5.59. The average molecular weight is 250 g/mol. The number of nitrogens with two attached hydrogens (primary N) is 1. The number of aliphatic hydroxyl groups excluding tert-OH is 1. The van der Waals surface area contributed by atoms with Gasteiger partial charge in [0.15, 0.2) is 0 Å². The molecule has 1 aliphatic heterocycles. The van der Waals surface area contributed by atoms with Crippen LogP contribution >= 0.6 is 0 Å². The molecular weight excluding hydrogens is 228 g/mol. The van der Waals surface area contributed by atoms with Crippen molar-refractivity contribution in [2.75, 3.05) is 31.7 Å². The van der Waals surface area contributed by atoms with E-state index in [-0.39, 0.29) is 6.61 Å². The van der Waals surface area contributed by atoms with Gasteiger partial charge in [-0.3, -0.25) is 0 Å². The summed E-state index contributed by atoms with van der Waals surface area (Å²) < 4.78 is 5.40. The molecule has 4 nitrogen and oxygen atoms in total. The molecule has 4 heteroatoms. The van der Waals surface area contributed by atoms with Gasteiger partial charge in [-0.05, 0) is 31.4 Å². The lowest BCUT2D eigenvalue weighted by Crippen LogP contribution is -2.44.